The van der Waals surface area contributed by atoms with Gasteiger partial charge in [0.05, 0.1) is 0 Å². The lowest BCUT2D eigenvalue weighted by Crippen LogP contribution is -2.22. The number of aromatic nitrogens is 3. The zero-order chi connectivity index (χ0) is 14.9. The van der Waals surface area contributed by atoms with E-state index < -0.39 is 0 Å². The molecule has 0 unspecified atom stereocenters. The second kappa shape index (κ2) is 8.64. The van der Waals surface area contributed by atoms with Crippen molar-refractivity contribution in [3.05, 3.63) is 0 Å². The minimum absolute atomic E-state index is 0.672. The molecule has 0 saturated carbocycles. The van der Waals surface area contributed by atoms with Gasteiger partial charge in [0.15, 0.2) is 0 Å². The Bertz CT molecular complexity index is 417. The molecule has 6 heteroatoms. The molecule has 0 bridgehead atoms. The van der Waals surface area contributed by atoms with E-state index in [1.54, 1.807) is 0 Å². The van der Waals surface area contributed by atoms with Gasteiger partial charge in [-0.25, -0.2) is 0 Å². The molecule has 2 rings (SSSR count). The Hall–Kier alpha value is -1.59. The van der Waals surface area contributed by atoms with Gasteiger partial charge in [0, 0.05) is 26.2 Å². The molecule has 0 radical (unpaired) electrons. The quantitative estimate of drug-likeness (QED) is 0.682. The smallest absolute Gasteiger partial charge is 0.231 e. The van der Waals surface area contributed by atoms with Crippen LogP contribution in [0.15, 0.2) is 0 Å². The summed E-state index contributed by atoms with van der Waals surface area (Å²) in [7, 11) is 0. The van der Waals surface area contributed by atoms with Crippen LogP contribution >= 0.6 is 0 Å². The van der Waals surface area contributed by atoms with Gasteiger partial charge in [0.2, 0.25) is 17.8 Å². The first-order valence-corrected chi connectivity index (χ1v) is 8.32. The molecular weight excluding hydrogens is 264 g/mol. The molecule has 1 saturated heterocycles. The lowest BCUT2D eigenvalue weighted by atomic mass is 10.2. The van der Waals surface area contributed by atoms with Gasteiger partial charge in [0.25, 0.3) is 0 Å². The zero-order valence-electron chi connectivity index (χ0n) is 13.4. The average molecular weight is 292 g/mol. The van der Waals surface area contributed by atoms with Gasteiger partial charge < -0.3 is 15.5 Å². The maximum Gasteiger partial charge on any atom is 0.231 e. The van der Waals surface area contributed by atoms with Crippen LogP contribution in [0.4, 0.5) is 17.8 Å². The molecule has 0 aliphatic carbocycles. The minimum Gasteiger partial charge on any atom is -0.354 e. The molecule has 0 atom stereocenters. The first-order chi connectivity index (χ1) is 10.3. The molecule has 1 aromatic rings. The minimum atomic E-state index is 0.672. The first kappa shape index (κ1) is 15.8. The molecule has 1 aromatic heterocycles. The Morgan fingerprint density at radius 1 is 0.905 bits per heavy atom. The molecule has 1 fully saturated rings. The maximum absolute atomic E-state index is 4.57. The van der Waals surface area contributed by atoms with Crippen LogP contribution in [0.3, 0.4) is 0 Å². The standard InChI is InChI=1S/C15H28N6/c1-3-5-6-7-10-17-14-18-13(16-4-2)19-15(20-14)21-11-8-9-12-21/h3-12H2,1-2H3,(H2,16,17,18,19,20). The zero-order valence-corrected chi connectivity index (χ0v) is 13.4. The van der Waals surface area contributed by atoms with Crippen LogP contribution in [0.2, 0.25) is 0 Å². The molecule has 118 valence electrons. The molecule has 21 heavy (non-hydrogen) atoms. The Kier molecular flexibility index (Phi) is 6.50. The Labute approximate surface area is 127 Å². The number of unbranched alkanes of at least 4 members (excludes halogenated alkanes) is 3. The molecule has 1 aliphatic heterocycles. The lowest BCUT2D eigenvalue weighted by molar-refractivity contribution is 0.683. The number of nitrogens with zero attached hydrogens (tertiary/aromatic N) is 4. The van der Waals surface area contributed by atoms with Gasteiger partial charge in [0.1, 0.15) is 0 Å². The van der Waals surface area contributed by atoms with E-state index in [1.807, 2.05) is 0 Å². The third-order valence-corrected chi connectivity index (χ3v) is 3.66. The maximum atomic E-state index is 4.57. The van der Waals surface area contributed by atoms with Crippen molar-refractivity contribution in [3.63, 3.8) is 0 Å². The Morgan fingerprint density at radius 2 is 1.62 bits per heavy atom. The number of anilines is 3. The molecule has 0 aromatic carbocycles. The van der Waals surface area contributed by atoms with Crippen molar-refractivity contribution in [2.75, 3.05) is 41.7 Å². The van der Waals surface area contributed by atoms with Gasteiger partial charge in [-0.15, -0.1) is 0 Å². The van der Waals surface area contributed by atoms with Gasteiger partial charge in [-0.2, -0.15) is 15.0 Å². The predicted octanol–water partition coefficient (Wildman–Crippen LogP) is 2.90. The van der Waals surface area contributed by atoms with E-state index in [0.717, 1.165) is 38.5 Å². The summed E-state index contributed by atoms with van der Waals surface area (Å²) in [5.74, 6) is 2.17. The highest BCUT2D eigenvalue weighted by molar-refractivity contribution is 5.44. The highest BCUT2D eigenvalue weighted by Gasteiger charge is 2.17. The summed E-state index contributed by atoms with van der Waals surface area (Å²) >= 11 is 0. The van der Waals surface area contributed by atoms with Crippen molar-refractivity contribution in [3.8, 4) is 0 Å². The third kappa shape index (κ3) is 5.02. The molecule has 2 N–H and O–H groups in total. The second-order valence-corrected chi connectivity index (χ2v) is 5.49. The summed E-state index contributed by atoms with van der Waals surface area (Å²) in [5, 5.41) is 6.53. The van der Waals surface area contributed by atoms with Gasteiger partial charge in [-0.05, 0) is 26.2 Å². The fourth-order valence-corrected chi connectivity index (χ4v) is 2.49. The van der Waals surface area contributed by atoms with Gasteiger partial charge >= 0.3 is 0 Å². The van der Waals surface area contributed by atoms with Crippen molar-refractivity contribution < 1.29 is 0 Å². The number of hydrogen-bond acceptors (Lipinski definition) is 6. The van der Waals surface area contributed by atoms with E-state index in [2.05, 4.69) is 44.3 Å². The Morgan fingerprint density at radius 3 is 2.29 bits per heavy atom. The van der Waals surface area contributed by atoms with Crippen molar-refractivity contribution in [2.45, 2.75) is 52.4 Å². The molecule has 0 spiro atoms. The van der Waals surface area contributed by atoms with Crippen LogP contribution < -0.4 is 15.5 Å². The number of nitrogens with one attached hydrogen (secondary N) is 2. The van der Waals surface area contributed by atoms with Crippen LogP contribution in [-0.4, -0.2) is 41.1 Å². The summed E-state index contributed by atoms with van der Waals surface area (Å²) in [6.45, 7) is 8.12. The van der Waals surface area contributed by atoms with Crippen molar-refractivity contribution in [1.82, 2.24) is 15.0 Å². The number of rotatable bonds is 9. The summed E-state index contributed by atoms with van der Waals surface area (Å²) < 4.78 is 0. The normalized spacial score (nSPS) is 14.5. The lowest BCUT2D eigenvalue weighted by Gasteiger charge is -2.17. The van der Waals surface area contributed by atoms with Gasteiger partial charge in [-0.3, -0.25) is 0 Å². The van der Waals surface area contributed by atoms with Crippen LogP contribution in [-0.2, 0) is 0 Å². The van der Waals surface area contributed by atoms with E-state index in [4.69, 9.17) is 0 Å². The Balaban J connectivity index is 1.97. The predicted molar refractivity (Wildman–Crippen MR) is 88.1 cm³/mol. The van der Waals surface area contributed by atoms with Crippen LogP contribution in [0.5, 0.6) is 0 Å². The second-order valence-electron chi connectivity index (χ2n) is 5.49. The largest absolute Gasteiger partial charge is 0.354 e. The SMILES string of the molecule is CCCCCCNc1nc(NCC)nc(N2CCCC2)n1. The third-order valence-electron chi connectivity index (χ3n) is 3.66. The topological polar surface area (TPSA) is 66.0 Å². The van der Waals surface area contributed by atoms with Crippen LogP contribution in [0, 0.1) is 0 Å². The van der Waals surface area contributed by atoms with Crippen molar-refractivity contribution in [2.24, 2.45) is 0 Å². The summed E-state index contributed by atoms with van der Waals surface area (Å²) in [5.41, 5.74) is 0. The first-order valence-electron chi connectivity index (χ1n) is 8.32. The highest BCUT2D eigenvalue weighted by Crippen LogP contribution is 2.18. The summed E-state index contributed by atoms with van der Waals surface area (Å²) in [6.07, 6.45) is 7.42. The van der Waals surface area contributed by atoms with E-state index in [0.29, 0.717) is 11.9 Å². The van der Waals surface area contributed by atoms with E-state index in [1.165, 1.54) is 32.1 Å². The van der Waals surface area contributed by atoms with Crippen molar-refractivity contribution >= 4 is 17.8 Å². The van der Waals surface area contributed by atoms with E-state index in [9.17, 15) is 0 Å². The average Bonchev–Trinajstić information content (AvgIpc) is 3.01. The highest BCUT2D eigenvalue weighted by atomic mass is 15.3. The molecule has 0 amide bonds. The monoisotopic (exact) mass is 292 g/mol. The van der Waals surface area contributed by atoms with E-state index >= 15 is 0 Å². The van der Waals surface area contributed by atoms with Gasteiger partial charge in [-0.1, -0.05) is 26.2 Å². The van der Waals surface area contributed by atoms with Crippen LogP contribution in [0.25, 0.3) is 0 Å². The molecule has 2 heterocycles. The summed E-state index contributed by atoms with van der Waals surface area (Å²) in [6, 6.07) is 0. The summed E-state index contributed by atoms with van der Waals surface area (Å²) in [4.78, 5) is 15.8. The van der Waals surface area contributed by atoms with Crippen molar-refractivity contribution in [1.29, 1.82) is 0 Å². The fourth-order valence-electron chi connectivity index (χ4n) is 2.49. The molecule has 6 nitrogen and oxygen atoms in total. The molecular formula is C15H28N6. The number of hydrogen-bond donors (Lipinski definition) is 2. The van der Waals surface area contributed by atoms with Crippen LogP contribution in [0.1, 0.15) is 52.4 Å². The van der Waals surface area contributed by atoms with E-state index in [-0.39, 0.29) is 0 Å². The molecule has 1 aliphatic rings. The fraction of sp³-hybridized carbons (Fsp3) is 0.800.